The van der Waals surface area contributed by atoms with Crippen molar-refractivity contribution in [3.63, 3.8) is 0 Å². The summed E-state index contributed by atoms with van der Waals surface area (Å²) in [6.45, 7) is 0. The van der Waals surface area contributed by atoms with Gasteiger partial charge in [-0.25, -0.2) is 14.2 Å². The Morgan fingerprint density at radius 3 is 2.93 bits per heavy atom. The molecule has 0 unspecified atom stereocenters. The molecule has 1 N–H and O–H groups in total. The maximum absolute atomic E-state index is 12.8. The second-order valence-electron chi connectivity index (χ2n) is 2.22. The number of nitrogens with zero attached hydrogens (tertiary/aromatic N) is 2. The largest absolute Gasteiger partial charge is 0.478 e. The minimum atomic E-state index is -1.40. The summed E-state index contributed by atoms with van der Waals surface area (Å²) in [5.41, 5.74) is -0.465. The quantitative estimate of drug-likeness (QED) is 0.664. The number of halogens is 1. The first-order valence-electron chi connectivity index (χ1n) is 3.44. The van der Waals surface area contributed by atoms with Gasteiger partial charge in [0, 0.05) is 5.92 Å². The molecule has 1 rings (SSSR count). The Bertz CT molecular complexity index is 480. The molecule has 1 aromatic rings. The molecule has 0 atom stereocenters. The molecule has 4 nitrogen and oxygen atoms in total. The summed E-state index contributed by atoms with van der Waals surface area (Å²) < 4.78 is 12.8. The monoisotopic (exact) mass is 190 g/mol. The molecule has 0 aliphatic heterocycles. The molecule has 0 amide bonds. The normalized spacial score (nSPS) is 8.29. The topological polar surface area (TPSA) is 74.0 Å². The van der Waals surface area contributed by atoms with Crippen molar-refractivity contribution in [2.75, 3.05) is 0 Å². The van der Waals surface area contributed by atoms with Gasteiger partial charge < -0.3 is 5.11 Å². The fraction of sp³-hybridized carbons (Fsp3) is 0. The molecule has 0 aliphatic rings. The molecule has 1 heterocycles. The van der Waals surface area contributed by atoms with E-state index in [0.717, 1.165) is 12.3 Å². The maximum atomic E-state index is 12.8. The van der Waals surface area contributed by atoms with Gasteiger partial charge in [-0.3, -0.25) is 0 Å². The van der Waals surface area contributed by atoms with Crippen LogP contribution in [0.25, 0.3) is 0 Å². The van der Waals surface area contributed by atoms with Crippen molar-refractivity contribution in [2.45, 2.75) is 0 Å². The molecule has 0 fully saturated rings. The summed E-state index contributed by atoms with van der Waals surface area (Å²) >= 11 is 0. The average molecular weight is 190 g/mol. The lowest BCUT2D eigenvalue weighted by Gasteiger charge is -1.96. The van der Waals surface area contributed by atoms with Gasteiger partial charge in [0.2, 0.25) is 0 Å². The van der Waals surface area contributed by atoms with E-state index in [1.165, 1.54) is 6.07 Å². The second-order valence-corrected chi connectivity index (χ2v) is 2.22. The zero-order chi connectivity index (χ0) is 10.6. The average Bonchev–Trinajstić information content (AvgIpc) is 2.16. The van der Waals surface area contributed by atoms with Gasteiger partial charge in [-0.05, 0) is 12.0 Å². The lowest BCUT2D eigenvalue weighted by molar-refractivity contribution is 0.0691. The van der Waals surface area contributed by atoms with Gasteiger partial charge >= 0.3 is 5.97 Å². The number of rotatable bonds is 1. The molecule has 0 saturated carbocycles. The molecular weight excluding hydrogens is 187 g/mol. The van der Waals surface area contributed by atoms with Crippen LogP contribution in [0.2, 0.25) is 0 Å². The van der Waals surface area contributed by atoms with Gasteiger partial charge in [-0.1, -0.05) is 0 Å². The van der Waals surface area contributed by atoms with E-state index < -0.39 is 17.3 Å². The van der Waals surface area contributed by atoms with Crippen molar-refractivity contribution in [3.8, 4) is 17.9 Å². The van der Waals surface area contributed by atoms with Gasteiger partial charge in [0.1, 0.15) is 5.69 Å². The number of carbonyl (C=O) groups is 1. The standard InChI is InChI=1S/C9H3FN2O2/c10-8-5-12-6(2-1-3-11)4-7(8)9(13)14/h4-5H,(H,13,14). The summed E-state index contributed by atoms with van der Waals surface area (Å²) in [7, 11) is 0. The number of hydrogen-bond acceptors (Lipinski definition) is 3. The minimum absolute atomic E-state index is 0.0466. The van der Waals surface area contributed by atoms with E-state index in [1.54, 1.807) is 0 Å². The van der Waals surface area contributed by atoms with Crippen LogP contribution in [0.15, 0.2) is 12.3 Å². The van der Waals surface area contributed by atoms with Crippen LogP contribution < -0.4 is 0 Å². The zero-order valence-electron chi connectivity index (χ0n) is 6.78. The van der Waals surface area contributed by atoms with Crippen molar-refractivity contribution in [3.05, 3.63) is 29.3 Å². The number of hydrogen-bond donors (Lipinski definition) is 1. The lowest BCUT2D eigenvalue weighted by Crippen LogP contribution is -2.02. The highest BCUT2D eigenvalue weighted by Crippen LogP contribution is 2.06. The van der Waals surface area contributed by atoms with Gasteiger partial charge in [-0.15, -0.1) is 0 Å². The third kappa shape index (κ3) is 2.05. The SMILES string of the molecule is N#CC#Cc1cc(C(=O)O)c(F)cn1. The first-order chi connectivity index (χ1) is 6.65. The Morgan fingerprint density at radius 2 is 2.36 bits per heavy atom. The van der Waals surface area contributed by atoms with Crippen LogP contribution in [-0.2, 0) is 0 Å². The van der Waals surface area contributed by atoms with E-state index in [4.69, 9.17) is 10.4 Å². The number of carboxylic acid groups (broad SMARTS) is 1. The van der Waals surface area contributed by atoms with Gasteiger partial charge in [-0.2, -0.15) is 5.26 Å². The highest BCUT2D eigenvalue weighted by molar-refractivity contribution is 5.88. The molecule has 68 valence electrons. The van der Waals surface area contributed by atoms with Gasteiger partial charge in [0.05, 0.1) is 11.8 Å². The van der Waals surface area contributed by atoms with E-state index in [9.17, 15) is 9.18 Å². The zero-order valence-corrected chi connectivity index (χ0v) is 6.78. The maximum Gasteiger partial charge on any atom is 0.338 e. The summed E-state index contributed by atoms with van der Waals surface area (Å²) in [6.07, 6.45) is 0.755. The third-order valence-corrected chi connectivity index (χ3v) is 1.33. The van der Waals surface area contributed by atoms with Crippen LogP contribution in [0.1, 0.15) is 16.1 Å². The Hall–Kier alpha value is -2.40. The van der Waals surface area contributed by atoms with E-state index in [1.807, 2.05) is 5.92 Å². The number of nitriles is 1. The second kappa shape index (κ2) is 4.01. The highest BCUT2D eigenvalue weighted by Gasteiger charge is 2.10. The van der Waals surface area contributed by atoms with Gasteiger partial charge in [0.15, 0.2) is 11.9 Å². The van der Waals surface area contributed by atoms with E-state index in [0.29, 0.717) is 0 Å². The van der Waals surface area contributed by atoms with Crippen molar-refractivity contribution < 1.29 is 14.3 Å². The van der Waals surface area contributed by atoms with Crippen LogP contribution >= 0.6 is 0 Å². The van der Waals surface area contributed by atoms with Crippen LogP contribution in [0, 0.1) is 29.0 Å². The molecule has 5 heteroatoms. The van der Waals surface area contributed by atoms with Crippen molar-refractivity contribution >= 4 is 5.97 Å². The van der Waals surface area contributed by atoms with Crippen LogP contribution in [0.5, 0.6) is 0 Å². The third-order valence-electron chi connectivity index (χ3n) is 1.33. The summed E-state index contributed by atoms with van der Waals surface area (Å²) in [4.78, 5) is 14.0. The molecule has 0 saturated heterocycles. The fourth-order valence-electron chi connectivity index (χ4n) is 0.763. The Balaban J connectivity index is 3.21. The Kier molecular flexibility index (Phi) is 2.78. The van der Waals surface area contributed by atoms with Gasteiger partial charge in [0.25, 0.3) is 0 Å². The van der Waals surface area contributed by atoms with E-state index in [-0.39, 0.29) is 5.69 Å². The predicted octanol–water partition coefficient (Wildman–Crippen LogP) is 0.794. The first-order valence-corrected chi connectivity index (χ1v) is 3.44. The summed E-state index contributed by atoms with van der Waals surface area (Å²) in [5, 5.41) is 16.7. The summed E-state index contributed by atoms with van der Waals surface area (Å²) in [5.74, 6) is 1.96. The molecule has 0 radical (unpaired) electrons. The van der Waals surface area contributed by atoms with Crippen molar-refractivity contribution in [2.24, 2.45) is 0 Å². The first kappa shape index (κ1) is 9.69. The van der Waals surface area contributed by atoms with Crippen molar-refractivity contribution in [1.29, 1.82) is 5.26 Å². The fourth-order valence-corrected chi connectivity index (χ4v) is 0.763. The number of aromatic carboxylic acids is 1. The molecule has 14 heavy (non-hydrogen) atoms. The molecule has 0 aromatic carbocycles. The molecular formula is C9H3FN2O2. The Labute approximate surface area is 78.6 Å². The summed E-state index contributed by atoms with van der Waals surface area (Å²) in [6, 6.07) is 2.51. The molecule has 1 aromatic heterocycles. The number of pyridine rings is 1. The predicted molar refractivity (Wildman–Crippen MR) is 43.6 cm³/mol. The highest BCUT2D eigenvalue weighted by atomic mass is 19.1. The van der Waals surface area contributed by atoms with Crippen molar-refractivity contribution in [1.82, 2.24) is 4.98 Å². The number of carboxylic acids is 1. The molecule has 0 spiro atoms. The van der Waals surface area contributed by atoms with Crippen LogP contribution in [0.3, 0.4) is 0 Å². The minimum Gasteiger partial charge on any atom is -0.478 e. The molecule has 0 bridgehead atoms. The van der Waals surface area contributed by atoms with E-state index >= 15 is 0 Å². The number of aromatic nitrogens is 1. The van der Waals surface area contributed by atoms with E-state index in [2.05, 4.69) is 10.9 Å². The molecule has 0 aliphatic carbocycles. The van der Waals surface area contributed by atoms with Crippen LogP contribution in [0.4, 0.5) is 4.39 Å². The lowest BCUT2D eigenvalue weighted by atomic mass is 10.2. The smallest absolute Gasteiger partial charge is 0.338 e. The Morgan fingerprint density at radius 1 is 1.64 bits per heavy atom. The van der Waals surface area contributed by atoms with Crippen LogP contribution in [-0.4, -0.2) is 16.1 Å².